The number of nitrogens with one attached hydrogen (secondary N) is 1. The third-order valence-electron chi connectivity index (χ3n) is 3.73. The van der Waals surface area contributed by atoms with Gasteiger partial charge in [0, 0.05) is 37.5 Å². The van der Waals surface area contributed by atoms with Gasteiger partial charge in [-0.15, -0.1) is 0 Å². The van der Waals surface area contributed by atoms with Gasteiger partial charge in [0.05, 0.1) is 5.02 Å². The van der Waals surface area contributed by atoms with Crippen molar-refractivity contribution in [2.24, 2.45) is 0 Å². The molecule has 1 amide bonds. The fourth-order valence-electron chi connectivity index (χ4n) is 2.50. The largest absolute Gasteiger partial charge is 0.451 e. The van der Waals surface area contributed by atoms with Gasteiger partial charge < -0.3 is 14.3 Å². The van der Waals surface area contributed by atoms with Crippen molar-refractivity contribution in [1.82, 2.24) is 14.9 Å². The molecule has 0 atom stereocenters. The number of imidazole rings is 1. The van der Waals surface area contributed by atoms with E-state index in [9.17, 15) is 4.79 Å². The first-order valence-corrected chi connectivity index (χ1v) is 8.19. The number of amides is 1. The minimum atomic E-state index is -0.244. The molecule has 24 heavy (non-hydrogen) atoms. The van der Waals surface area contributed by atoms with Gasteiger partial charge in [-0.25, -0.2) is 4.98 Å². The van der Waals surface area contributed by atoms with Crippen molar-refractivity contribution in [3.05, 3.63) is 65.4 Å². The van der Waals surface area contributed by atoms with Crippen molar-refractivity contribution in [3.8, 4) is 11.3 Å². The Morgan fingerprint density at radius 1 is 1.29 bits per heavy atom. The number of nitrogens with zero attached hydrogens (tertiary/aromatic N) is 2. The third kappa shape index (κ3) is 3.51. The summed E-state index contributed by atoms with van der Waals surface area (Å²) in [7, 11) is 0. The van der Waals surface area contributed by atoms with Gasteiger partial charge in [0.15, 0.2) is 5.76 Å². The SMILES string of the molecule is CCc1nccn1CCNC(=O)c1ccc(-c2ccccc2Cl)o1. The Morgan fingerprint density at radius 2 is 2.12 bits per heavy atom. The Labute approximate surface area is 145 Å². The molecule has 124 valence electrons. The fraction of sp³-hybridized carbons (Fsp3) is 0.222. The first-order chi connectivity index (χ1) is 11.7. The fourth-order valence-corrected chi connectivity index (χ4v) is 2.73. The summed E-state index contributed by atoms with van der Waals surface area (Å²) in [6.45, 7) is 3.23. The molecule has 0 unspecified atom stereocenters. The summed E-state index contributed by atoms with van der Waals surface area (Å²) in [5, 5.41) is 3.44. The monoisotopic (exact) mass is 343 g/mol. The van der Waals surface area contributed by atoms with E-state index in [0.717, 1.165) is 17.8 Å². The summed E-state index contributed by atoms with van der Waals surface area (Å²) in [5.41, 5.74) is 0.768. The molecule has 0 radical (unpaired) electrons. The average molecular weight is 344 g/mol. The minimum absolute atomic E-state index is 0.244. The number of furan rings is 1. The first kappa shape index (κ1) is 16.3. The van der Waals surface area contributed by atoms with E-state index >= 15 is 0 Å². The predicted octanol–water partition coefficient (Wildman–Crippen LogP) is 3.79. The van der Waals surface area contributed by atoms with Crippen molar-refractivity contribution in [2.75, 3.05) is 6.54 Å². The molecule has 3 aromatic rings. The highest BCUT2D eigenvalue weighted by atomic mass is 35.5. The lowest BCUT2D eigenvalue weighted by molar-refractivity contribution is 0.0925. The molecule has 1 aromatic carbocycles. The molecule has 0 aliphatic carbocycles. The number of hydrogen-bond donors (Lipinski definition) is 1. The molecule has 0 aliphatic heterocycles. The molecule has 0 fully saturated rings. The lowest BCUT2D eigenvalue weighted by Gasteiger charge is -2.07. The molecule has 6 heteroatoms. The zero-order chi connectivity index (χ0) is 16.9. The van der Waals surface area contributed by atoms with Crippen LogP contribution in [0.5, 0.6) is 0 Å². The molecule has 3 rings (SSSR count). The molecule has 0 spiro atoms. The van der Waals surface area contributed by atoms with Gasteiger partial charge in [0.2, 0.25) is 0 Å². The molecule has 0 saturated carbocycles. The summed E-state index contributed by atoms with van der Waals surface area (Å²) < 4.78 is 7.65. The Morgan fingerprint density at radius 3 is 2.92 bits per heavy atom. The van der Waals surface area contributed by atoms with Gasteiger partial charge in [-0.1, -0.05) is 30.7 Å². The van der Waals surface area contributed by atoms with Crippen LogP contribution in [0.1, 0.15) is 23.3 Å². The number of aryl methyl sites for hydroxylation is 1. The Hall–Kier alpha value is -2.53. The third-order valence-corrected chi connectivity index (χ3v) is 4.05. The lowest BCUT2D eigenvalue weighted by atomic mass is 10.2. The van der Waals surface area contributed by atoms with Gasteiger partial charge in [-0.3, -0.25) is 4.79 Å². The molecule has 0 saturated heterocycles. The molecule has 5 nitrogen and oxygen atoms in total. The standard InChI is InChI=1S/C18H18ClN3O2/c1-2-17-20-9-11-22(17)12-10-21-18(23)16-8-7-15(24-16)13-5-3-4-6-14(13)19/h3-9,11H,2,10,12H2,1H3,(H,21,23). The summed E-state index contributed by atoms with van der Waals surface area (Å²) in [5.74, 6) is 1.61. The van der Waals surface area contributed by atoms with Crippen LogP contribution in [0, 0.1) is 0 Å². The van der Waals surface area contributed by atoms with E-state index in [4.69, 9.17) is 16.0 Å². The molecule has 0 aliphatic rings. The topological polar surface area (TPSA) is 60.1 Å². The molecular weight excluding hydrogens is 326 g/mol. The van der Waals surface area contributed by atoms with E-state index in [1.165, 1.54) is 0 Å². The van der Waals surface area contributed by atoms with Crippen LogP contribution in [0.4, 0.5) is 0 Å². The predicted molar refractivity (Wildman–Crippen MR) is 93.1 cm³/mol. The second-order valence-electron chi connectivity index (χ2n) is 5.29. The van der Waals surface area contributed by atoms with Crippen LogP contribution in [-0.2, 0) is 13.0 Å². The summed E-state index contributed by atoms with van der Waals surface area (Å²) in [4.78, 5) is 16.4. The van der Waals surface area contributed by atoms with E-state index in [2.05, 4.69) is 17.2 Å². The number of aromatic nitrogens is 2. The highest BCUT2D eigenvalue weighted by molar-refractivity contribution is 6.33. The van der Waals surface area contributed by atoms with Crippen LogP contribution in [0.25, 0.3) is 11.3 Å². The second-order valence-corrected chi connectivity index (χ2v) is 5.70. The maximum absolute atomic E-state index is 12.2. The van der Waals surface area contributed by atoms with E-state index in [1.54, 1.807) is 24.4 Å². The summed E-state index contributed by atoms with van der Waals surface area (Å²) in [6, 6.07) is 10.8. The van der Waals surface area contributed by atoms with E-state index in [0.29, 0.717) is 23.9 Å². The Kier molecular flexibility index (Phi) is 5.01. The Balaban J connectivity index is 1.61. The van der Waals surface area contributed by atoms with Gasteiger partial charge in [0.25, 0.3) is 5.91 Å². The molecule has 1 N–H and O–H groups in total. The van der Waals surface area contributed by atoms with Crippen molar-refractivity contribution >= 4 is 17.5 Å². The number of carbonyl (C=O) groups excluding carboxylic acids is 1. The highest BCUT2D eigenvalue weighted by Crippen LogP contribution is 2.28. The van der Waals surface area contributed by atoms with E-state index < -0.39 is 0 Å². The molecule has 2 heterocycles. The van der Waals surface area contributed by atoms with Gasteiger partial charge in [0.1, 0.15) is 11.6 Å². The van der Waals surface area contributed by atoms with Gasteiger partial charge >= 0.3 is 0 Å². The van der Waals surface area contributed by atoms with Crippen LogP contribution in [-0.4, -0.2) is 22.0 Å². The first-order valence-electron chi connectivity index (χ1n) is 7.82. The number of carbonyl (C=O) groups is 1. The second kappa shape index (κ2) is 7.36. The minimum Gasteiger partial charge on any atom is -0.451 e. The van der Waals surface area contributed by atoms with Crippen molar-refractivity contribution < 1.29 is 9.21 Å². The number of rotatable bonds is 6. The smallest absolute Gasteiger partial charge is 0.287 e. The maximum Gasteiger partial charge on any atom is 0.287 e. The van der Waals surface area contributed by atoms with E-state index in [1.807, 2.05) is 29.0 Å². The van der Waals surface area contributed by atoms with Crippen molar-refractivity contribution in [1.29, 1.82) is 0 Å². The zero-order valence-corrected chi connectivity index (χ0v) is 14.1. The van der Waals surface area contributed by atoms with E-state index in [-0.39, 0.29) is 11.7 Å². The molecule has 2 aromatic heterocycles. The van der Waals surface area contributed by atoms with Crippen LogP contribution in [0.2, 0.25) is 5.02 Å². The van der Waals surface area contributed by atoms with Gasteiger partial charge in [-0.2, -0.15) is 0 Å². The highest BCUT2D eigenvalue weighted by Gasteiger charge is 2.13. The number of halogens is 1. The van der Waals surface area contributed by atoms with Crippen LogP contribution in [0.15, 0.2) is 53.2 Å². The zero-order valence-electron chi connectivity index (χ0n) is 13.3. The van der Waals surface area contributed by atoms with Crippen LogP contribution in [0.3, 0.4) is 0 Å². The number of hydrogen-bond acceptors (Lipinski definition) is 3. The normalized spacial score (nSPS) is 10.8. The van der Waals surface area contributed by atoms with Crippen LogP contribution < -0.4 is 5.32 Å². The van der Waals surface area contributed by atoms with Crippen molar-refractivity contribution in [2.45, 2.75) is 19.9 Å². The van der Waals surface area contributed by atoms with Crippen LogP contribution >= 0.6 is 11.6 Å². The quantitative estimate of drug-likeness (QED) is 0.740. The average Bonchev–Trinajstić information content (AvgIpc) is 3.24. The molecular formula is C18H18ClN3O2. The van der Waals surface area contributed by atoms with Gasteiger partial charge in [-0.05, 0) is 24.3 Å². The summed E-state index contributed by atoms with van der Waals surface area (Å²) >= 11 is 6.15. The maximum atomic E-state index is 12.2. The lowest BCUT2D eigenvalue weighted by Crippen LogP contribution is -2.27. The number of benzene rings is 1. The summed E-state index contributed by atoms with van der Waals surface area (Å²) in [6.07, 6.45) is 4.54. The Bertz CT molecular complexity index is 838. The van der Waals surface area contributed by atoms with Crippen molar-refractivity contribution in [3.63, 3.8) is 0 Å². The molecule has 0 bridgehead atoms.